The molecule has 0 unspecified atom stereocenters. The zero-order valence-electron chi connectivity index (χ0n) is 19.4. The van der Waals surface area contributed by atoms with Crippen molar-refractivity contribution in [1.29, 1.82) is 0 Å². The molecule has 1 amide bonds. The molecule has 2 aromatic rings. The van der Waals surface area contributed by atoms with Crippen molar-refractivity contribution in [3.05, 3.63) is 41.9 Å². The molecule has 0 atom stereocenters. The van der Waals surface area contributed by atoms with Gasteiger partial charge in [0, 0.05) is 17.5 Å². The van der Waals surface area contributed by atoms with E-state index in [4.69, 9.17) is 18.6 Å². The molecule has 0 spiro atoms. The number of esters is 1. The highest BCUT2D eigenvalue weighted by Crippen LogP contribution is 2.60. The van der Waals surface area contributed by atoms with Crippen LogP contribution in [0.25, 0.3) is 0 Å². The van der Waals surface area contributed by atoms with Crippen LogP contribution in [-0.4, -0.2) is 38.5 Å². The van der Waals surface area contributed by atoms with Gasteiger partial charge >= 0.3 is 5.97 Å². The summed E-state index contributed by atoms with van der Waals surface area (Å²) < 4.78 is 21.3. The first-order valence-corrected chi connectivity index (χ1v) is 11.7. The van der Waals surface area contributed by atoms with Gasteiger partial charge in [0.05, 0.1) is 31.7 Å². The maximum Gasteiger partial charge on any atom is 0.340 e. The second-order valence-corrected chi connectivity index (χ2v) is 9.88. The molecular formula is C26H29NO7. The molecule has 0 radical (unpaired) electrons. The summed E-state index contributed by atoms with van der Waals surface area (Å²) in [6.45, 7) is -0.273. The predicted molar refractivity (Wildman–Crippen MR) is 122 cm³/mol. The molecule has 4 saturated carbocycles. The van der Waals surface area contributed by atoms with E-state index in [-0.39, 0.29) is 34.8 Å². The molecule has 1 N–H and O–H groups in total. The number of carbonyl (C=O) groups is 3. The number of Topliss-reactive ketones (excluding diaryl/α,β-unsaturated/α-hetero) is 1. The standard InChI is InChI=1S/C26H29NO7/c1-31-21-9-18(19(10-22(21)32-2)27-24(29)20-4-3-5-33-20)25(30)34-14-23(28)26-11-15-6-16(12-26)8-17(7-15)13-26/h3-5,9-10,15-17H,6-8,11-14H2,1-2H3,(H,27,29). The normalized spacial score (nSPS) is 26.7. The molecule has 4 bridgehead atoms. The Hall–Kier alpha value is -3.29. The van der Waals surface area contributed by atoms with Gasteiger partial charge in [0.15, 0.2) is 29.6 Å². The Labute approximate surface area is 197 Å². The number of anilines is 1. The number of benzene rings is 1. The molecule has 0 saturated heterocycles. The quantitative estimate of drug-likeness (QED) is 0.570. The molecule has 34 heavy (non-hydrogen) atoms. The number of rotatable bonds is 8. The third-order valence-electron chi connectivity index (χ3n) is 7.70. The molecule has 4 aliphatic carbocycles. The minimum absolute atomic E-state index is 0.0154. The van der Waals surface area contributed by atoms with Gasteiger partial charge in [-0.25, -0.2) is 4.79 Å². The van der Waals surface area contributed by atoms with Crippen molar-refractivity contribution in [2.75, 3.05) is 26.1 Å². The van der Waals surface area contributed by atoms with Crippen molar-refractivity contribution in [2.45, 2.75) is 38.5 Å². The minimum atomic E-state index is -0.714. The van der Waals surface area contributed by atoms with Gasteiger partial charge in [0.1, 0.15) is 0 Å². The molecule has 1 aromatic carbocycles. The van der Waals surface area contributed by atoms with E-state index in [2.05, 4.69) is 5.32 Å². The molecule has 1 heterocycles. The molecule has 4 fully saturated rings. The van der Waals surface area contributed by atoms with Crippen LogP contribution in [-0.2, 0) is 9.53 Å². The van der Waals surface area contributed by atoms with Crippen LogP contribution in [0.5, 0.6) is 11.5 Å². The van der Waals surface area contributed by atoms with E-state index in [1.807, 2.05) is 0 Å². The van der Waals surface area contributed by atoms with E-state index in [0.29, 0.717) is 29.3 Å². The Kier molecular flexibility index (Phi) is 5.83. The lowest BCUT2D eigenvalue weighted by molar-refractivity contribution is -0.147. The summed E-state index contributed by atoms with van der Waals surface area (Å²) in [5.41, 5.74) is -0.106. The SMILES string of the molecule is COc1cc(NC(=O)c2ccco2)c(C(=O)OCC(=O)C23CC4CC(CC(C4)C2)C3)cc1OC. The largest absolute Gasteiger partial charge is 0.493 e. The Balaban J connectivity index is 1.34. The van der Waals surface area contributed by atoms with Crippen molar-refractivity contribution >= 4 is 23.3 Å². The number of ketones is 1. The fourth-order valence-electron chi connectivity index (χ4n) is 6.56. The van der Waals surface area contributed by atoms with Gasteiger partial charge in [-0.15, -0.1) is 0 Å². The van der Waals surface area contributed by atoms with E-state index < -0.39 is 11.9 Å². The maximum absolute atomic E-state index is 13.3. The Morgan fingerprint density at radius 3 is 2.18 bits per heavy atom. The predicted octanol–water partition coefficient (Wildman–Crippen LogP) is 4.49. The summed E-state index contributed by atoms with van der Waals surface area (Å²) in [5.74, 6) is 1.37. The summed E-state index contributed by atoms with van der Waals surface area (Å²) in [5, 5.41) is 2.66. The number of ether oxygens (including phenoxy) is 3. The first-order chi connectivity index (χ1) is 16.4. The number of methoxy groups -OCH3 is 2. The first-order valence-electron chi connectivity index (χ1n) is 11.7. The van der Waals surface area contributed by atoms with Gasteiger partial charge in [-0.05, 0) is 68.4 Å². The second-order valence-electron chi connectivity index (χ2n) is 9.88. The fraction of sp³-hybridized carbons (Fsp3) is 0.500. The van der Waals surface area contributed by atoms with Gasteiger partial charge in [-0.1, -0.05) is 0 Å². The second kappa shape index (κ2) is 8.81. The lowest BCUT2D eigenvalue weighted by atomic mass is 9.48. The third kappa shape index (κ3) is 4.06. The number of nitrogens with one attached hydrogen (secondary N) is 1. The average molecular weight is 468 g/mol. The van der Waals surface area contributed by atoms with Gasteiger partial charge in [-0.2, -0.15) is 0 Å². The van der Waals surface area contributed by atoms with E-state index >= 15 is 0 Å². The Bertz CT molecular complexity index is 1070. The molecule has 4 aliphatic rings. The smallest absolute Gasteiger partial charge is 0.340 e. The van der Waals surface area contributed by atoms with Crippen molar-refractivity contribution in [3.8, 4) is 11.5 Å². The third-order valence-corrected chi connectivity index (χ3v) is 7.70. The summed E-state index contributed by atoms with van der Waals surface area (Å²) >= 11 is 0. The van der Waals surface area contributed by atoms with Gasteiger partial charge in [0.25, 0.3) is 5.91 Å². The maximum atomic E-state index is 13.3. The van der Waals surface area contributed by atoms with Crippen LogP contribution in [0.3, 0.4) is 0 Å². The highest BCUT2D eigenvalue weighted by Gasteiger charge is 2.54. The number of hydrogen-bond donors (Lipinski definition) is 1. The summed E-state index contributed by atoms with van der Waals surface area (Å²) in [6, 6.07) is 6.03. The van der Waals surface area contributed by atoms with Crippen LogP contribution >= 0.6 is 0 Å². The van der Waals surface area contributed by atoms with Gasteiger partial charge < -0.3 is 23.9 Å². The number of carbonyl (C=O) groups excluding carboxylic acids is 3. The molecular weight excluding hydrogens is 438 g/mol. The van der Waals surface area contributed by atoms with Gasteiger partial charge in [0.2, 0.25) is 0 Å². The molecule has 1 aromatic heterocycles. The van der Waals surface area contributed by atoms with E-state index in [1.165, 1.54) is 57.9 Å². The van der Waals surface area contributed by atoms with Crippen LogP contribution in [0.15, 0.2) is 34.9 Å². The Morgan fingerprint density at radius 1 is 1.00 bits per heavy atom. The molecule has 8 heteroatoms. The number of furan rings is 1. The summed E-state index contributed by atoms with van der Waals surface area (Å²) in [4.78, 5) is 38.9. The van der Waals surface area contributed by atoms with E-state index in [1.54, 1.807) is 6.07 Å². The van der Waals surface area contributed by atoms with Crippen LogP contribution in [0.2, 0.25) is 0 Å². The monoisotopic (exact) mass is 467 g/mol. The van der Waals surface area contributed by atoms with Crippen LogP contribution in [0.1, 0.15) is 59.4 Å². The molecule has 8 nitrogen and oxygen atoms in total. The molecule has 180 valence electrons. The lowest BCUT2D eigenvalue weighted by Crippen LogP contribution is -2.51. The number of amides is 1. The summed E-state index contributed by atoms with van der Waals surface area (Å²) in [6.07, 6.45) is 7.82. The van der Waals surface area contributed by atoms with Crippen LogP contribution in [0.4, 0.5) is 5.69 Å². The first kappa shape index (κ1) is 22.5. The zero-order chi connectivity index (χ0) is 23.9. The van der Waals surface area contributed by atoms with Crippen molar-refractivity contribution in [2.24, 2.45) is 23.2 Å². The van der Waals surface area contributed by atoms with Gasteiger partial charge in [-0.3, -0.25) is 9.59 Å². The molecule has 0 aliphatic heterocycles. The van der Waals surface area contributed by atoms with Crippen molar-refractivity contribution < 1.29 is 33.0 Å². The van der Waals surface area contributed by atoms with E-state index in [9.17, 15) is 14.4 Å². The van der Waals surface area contributed by atoms with Crippen molar-refractivity contribution in [3.63, 3.8) is 0 Å². The highest BCUT2D eigenvalue weighted by molar-refractivity contribution is 6.07. The van der Waals surface area contributed by atoms with Crippen molar-refractivity contribution in [1.82, 2.24) is 0 Å². The highest BCUT2D eigenvalue weighted by atomic mass is 16.5. The van der Waals surface area contributed by atoms with E-state index in [0.717, 1.165) is 19.3 Å². The number of hydrogen-bond acceptors (Lipinski definition) is 7. The minimum Gasteiger partial charge on any atom is -0.493 e. The average Bonchev–Trinajstić information content (AvgIpc) is 3.36. The Morgan fingerprint density at radius 2 is 1.62 bits per heavy atom. The zero-order valence-corrected chi connectivity index (χ0v) is 19.4. The lowest BCUT2D eigenvalue weighted by Gasteiger charge is -2.55. The molecule has 6 rings (SSSR count). The van der Waals surface area contributed by atoms with Crippen LogP contribution in [0, 0.1) is 23.2 Å². The fourth-order valence-corrected chi connectivity index (χ4v) is 6.56. The summed E-state index contributed by atoms with van der Waals surface area (Å²) in [7, 11) is 2.91. The topological polar surface area (TPSA) is 104 Å². The van der Waals surface area contributed by atoms with Crippen LogP contribution < -0.4 is 14.8 Å².